The van der Waals surface area contributed by atoms with E-state index in [0.29, 0.717) is 17.4 Å². The van der Waals surface area contributed by atoms with Crippen LogP contribution in [0.2, 0.25) is 0 Å². The van der Waals surface area contributed by atoms with Crippen molar-refractivity contribution in [1.82, 2.24) is 10.6 Å². The van der Waals surface area contributed by atoms with Gasteiger partial charge in [-0.1, -0.05) is 32.9 Å². The fourth-order valence-electron chi connectivity index (χ4n) is 3.25. The van der Waals surface area contributed by atoms with Crippen LogP contribution in [0.3, 0.4) is 0 Å². The first-order valence-electron chi connectivity index (χ1n) is 9.14. The van der Waals surface area contributed by atoms with Crippen LogP contribution < -0.4 is 10.6 Å². The van der Waals surface area contributed by atoms with Crippen molar-refractivity contribution in [3.8, 4) is 0 Å². The predicted octanol–water partition coefficient (Wildman–Crippen LogP) is 3.09. The summed E-state index contributed by atoms with van der Waals surface area (Å²) in [6, 6.07) is 8.94. The third-order valence-electron chi connectivity index (χ3n) is 4.82. The topological polar surface area (TPSA) is 50.4 Å². The van der Waals surface area contributed by atoms with Crippen molar-refractivity contribution >= 4 is 5.91 Å². The third-order valence-corrected chi connectivity index (χ3v) is 4.82. The van der Waals surface area contributed by atoms with Crippen molar-refractivity contribution in [3.63, 3.8) is 0 Å². The number of amides is 1. The standard InChI is InChI=1S/C20H30N2O2/c1-20(2,3)13-21-18-12-17(18)14-5-4-6-15(11-14)19(23)22-16-7-9-24-10-8-16/h4-6,11,16-18,21H,7-10,12-13H2,1-3H3,(H,22,23). The second-order valence-corrected chi connectivity index (χ2v) is 8.38. The van der Waals surface area contributed by atoms with Gasteiger partial charge in [-0.15, -0.1) is 0 Å². The van der Waals surface area contributed by atoms with Crippen molar-refractivity contribution in [2.75, 3.05) is 19.8 Å². The highest BCUT2D eigenvalue weighted by molar-refractivity contribution is 5.94. The van der Waals surface area contributed by atoms with E-state index in [0.717, 1.165) is 38.2 Å². The van der Waals surface area contributed by atoms with Crippen LogP contribution in [0.15, 0.2) is 24.3 Å². The van der Waals surface area contributed by atoms with E-state index in [2.05, 4.69) is 43.5 Å². The van der Waals surface area contributed by atoms with Gasteiger partial charge in [0.05, 0.1) is 0 Å². The first kappa shape index (κ1) is 17.4. The lowest BCUT2D eigenvalue weighted by Crippen LogP contribution is -2.38. The molecule has 1 aliphatic heterocycles. The van der Waals surface area contributed by atoms with Crippen LogP contribution in [0.25, 0.3) is 0 Å². The summed E-state index contributed by atoms with van der Waals surface area (Å²) in [6.45, 7) is 9.26. The normalized spacial score (nSPS) is 24.6. The molecule has 1 aromatic carbocycles. The Kier molecular flexibility index (Phi) is 5.26. The van der Waals surface area contributed by atoms with Gasteiger partial charge in [-0.05, 0) is 42.4 Å². The number of ether oxygens (including phenoxy) is 1. The lowest BCUT2D eigenvalue weighted by molar-refractivity contribution is 0.0696. The van der Waals surface area contributed by atoms with E-state index in [1.807, 2.05) is 12.1 Å². The summed E-state index contributed by atoms with van der Waals surface area (Å²) in [6.07, 6.45) is 2.99. The van der Waals surface area contributed by atoms with Gasteiger partial charge in [0.2, 0.25) is 0 Å². The van der Waals surface area contributed by atoms with Gasteiger partial charge in [0.15, 0.2) is 0 Å². The van der Waals surface area contributed by atoms with E-state index < -0.39 is 0 Å². The second-order valence-electron chi connectivity index (χ2n) is 8.38. The van der Waals surface area contributed by atoms with Gasteiger partial charge in [-0.3, -0.25) is 4.79 Å². The lowest BCUT2D eigenvalue weighted by atomic mass is 9.97. The Balaban J connectivity index is 1.55. The Morgan fingerprint density at radius 2 is 2.00 bits per heavy atom. The summed E-state index contributed by atoms with van der Waals surface area (Å²) < 4.78 is 5.35. The van der Waals surface area contributed by atoms with Crippen LogP contribution in [0.4, 0.5) is 0 Å². The van der Waals surface area contributed by atoms with E-state index >= 15 is 0 Å². The number of nitrogens with one attached hydrogen (secondary N) is 2. The van der Waals surface area contributed by atoms with Gasteiger partial charge >= 0.3 is 0 Å². The lowest BCUT2D eigenvalue weighted by Gasteiger charge is -2.23. The monoisotopic (exact) mass is 330 g/mol. The van der Waals surface area contributed by atoms with E-state index in [-0.39, 0.29) is 11.9 Å². The molecule has 132 valence electrons. The van der Waals surface area contributed by atoms with Crippen LogP contribution in [0, 0.1) is 5.41 Å². The molecule has 0 aromatic heterocycles. The van der Waals surface area contributed by atoms with Gasteiger partial charge in [0, 0.05) is 43.3 Å². The van der Waals surface area contributed by atoms with Crippen molar-refractivity contribution in [1.29, 1.82) is 0 Å². The number of carbonyl (C=O) groups is 1. The van der Waals surface area contributed by atoms with Crippen LogP contribution in [-0.2, 0) is 4.74 Å². The first-order valence-corrected chi connectivity index (χ1v) is 9.14. The van der Waals surface area contributed by atoms with Crippen molar-refractivity contribution in [2.45, 2.75) is 58.0 Å². The number of hydrogen-bond acceptors (Lipinski definition) is 3. The van der Waals surface area contributed by atoms with Crippen LogP contribution in [0.5, 0.6) is 0 Å². The minimum atomic E-state index is 0.0450. The van der Waals surface area contributed by atoms with Crippen molar-refractivity contribution in [3.05, 3.63) is 35.4 Å². The molecule has 3 rings (SSSR count). The molecule has 1 heterocycles. The quantitative estimate of drug-likeness (QED) is 0.872. The Labute approximate surface area is 145 Å². The fraction of sp³-hybridized carbons (Fsp3) is 0.650. The molecule has 24 heavy (non-hydrogen) atoms. The average molecular weight is 330 g/mol. The molecule has 1 aliphatic carbocycles. The maximum Gasteiger partial charge on any atom is 0.251 e. The summed E-state index contributed by atoms with van der Waals surface area (Å²) in [7, 11) is 0. The molecule has 4 nitrogen and oxygen atoms in total. The zero-order valence-corrected chi connectivity index (χ0v) is 15.1. The number of hydrogen-bond donors (Lipinski definition) is 2. The molecule has 1 amide bonds. The molecule has 1 saturated carbocycles. The summed E-state index contributed by atoms with van der Waals surface area (Å²) >= 11 is 0. The van der Waals surface area contributed by atoms with Crippen molar-refractivity contribution < 1.29 is 9.53 Å². The molecule has 1 saturated heterocycles. The summed E-state index contributed by atoms with van der Waals surface area (Å²) in [5.41, 5.74) is 2.36. The molecule has 2 N–H and O–H groups in total. The highest BCUT2D eigenvalue weighted by Crippen LogP contribution is 2.41. The van der Waals surface area contributed by atoms with Gasteiger partial charge in [0.1, 0.15) is 0 Å². The molecule has 4 heteroatoms. The third kappa shape index (κ3) is 4.81. The molecule has 0 bridgehead atoms. The minimum absolute atomic E-state index is 0.0450. The van der Waals surface area contributed by atoms with E-state index in [1.54, 1.807) is 0 Å². The number of rotatable bonds is 5. The molecule has 0 spiro atoms. The zero-order valence-electron chi connectivity index (χ0n) is 15.1. The van der Waals surface area contributed by atoms with Crippen LogP contribution >= 0.6 is 0 Å². The largest absolute Gasteiger partial charge is 0.381 e. The van der Waals surface area contributed by atoms with Gasteiger partial charge in [-0.25, -0.2) is 0 Å². The second kappa shape index (κ2) is 7.24. The fourth-order valence-corrected chi connectivity index (χ4v) is 3.25. The number of benzene rings is 1. The Hall–Kier alpha value is -1.39. The molecule has 2 aliphatic rings. The Morgan fingerprint density at radius 1 is 1.25 bits per heavy atom. The summed E-state index contributed by atoms with van der Waals surface area (Å²) in [5.74, 6) is 0.590. The van der Waals surface area contributed by atoms with Crippen molar-refractivity contribution in [2.24, 2.45) is 5.41 Å². The number of carbonyl (C=O) groups excluding carboxylic acids is 1. The van der Waals surface area contributed by atoms with E-state index in [9.17, 15) is 4.79 Å². The van der Waals surface area contributed by atoms with Gasteiger partial charge in [-0.2, -0.15) is 0 Å². The summed E-state index contributed by atoms with van der Waals surface area (Å²) in [5, 5.41) is 6.79. The smallest absolute Gasteiger partial charge is 0.251 e. The van der Waals surface area contributed by atoms with Gasteiger partial charge < -0.3 is 15.4 Å². The molecule has 2 atom stereocenters. The predicted molar refractivity (Wildman–Crippen MR) is 96.4 cm³/mol. The zero-order chi connectivity index (χ0) is 17.2. The molecule has 0 radical (unpaired) electrons. The van der Waals surface area contributed by atoms with Crippen LogP contribution in [0.1, 0.15) is 61.9 Å². The molecule has 2 unspecified atom stereocenters. The molecular weight excluding hydrogens is 300 g/mol. The average Bonchev–Trinajstić information content (AvgIpc) is 3.33. The Morgan fingerprint density at radius 3 is 2.71 bits per heavy atom. The summed E-state index contributed by atoms with van der Waals surface area (Å²) in [4.78, 5) is 12.5. The van der Waals surface area contributed by atoms with E-state index in [4.69, 9.17) is 4.74 Å². The SMILES string of the molecule is CC(C)(C)CNC1CC1c1cccc(C(=O)NC2CCOCC2)c1. The minimum Gasteiger partial charge on any atom is -0.381 e. The molecular formula is C20H30N2O2. The van der Waals surface area contributed by atoms with Crippen LogP contribution in [-0.4, -0.2) is 37.7 Å². The highest BCUT2D eigenvalue weighted by Gasteiger charge is 2.38. The molecule has 1 aromatic rings. The van der Waals surface area contributed by atoms with E-state index in [1.165, 1.54) is 12.0 Å². The first-order chi connectivity index (χ1) is 11.4. The molecule has 2 fully saturated rings. The Bertz CT molecular complexity index is 573. The maximum absolute atomic E-state index is 12.5. The van der Waals surface area contributed by atoms with Gasteiger partial charge in [0.25, 0.3) is 5.91 Å². The highest BCUT2D eigenvalue weighted by atomic mass is 16.5. The maximum atomic E-state index is 12.5.